The van der Waals surface area contributed by atoms with E-state index in [1.165, 1.54) is 39.3 Å². The van der Waals surface area contributed by atoms with Gasteiger partial charge in [-0.1, -0.05) is 23.8 Å². The van der Waals surface area contributed by atoms with Crippen LogP contribution in [0, 0.1) is 33.5 Å². The van der Waals surface area contributed by atoms with Gasteiger partial charge in [-0.15, -0.1) is 0 Å². The Balaban J connectivity index is 1.83. The van der Waals surface area contributed by atoms with E-state index in [0.717, 1.165) is 22.3 Å². The van der Waals surface area contributed by atoms with E-state index in [9.17, 15) is 9.18 Å². The monoisotopic (exact) mass is 487 g/mol. The normalized spacial score (nSPS) is 11.7. The number of pyridine rings is 1. The standard InChI is InChI=1S/C30H34FN3O2/c1-19-8-9-20(2)23(16-19)17-33-22(4)21(3)26-14-15-32-27(28(26)33)18-34(29(35)36-30(5,6)7)25-12-10-24(31)11-13-25/h8-16H,17-18H2,1-7H3. The van der Waals surface area contributed by atoms with Gasteiger partial charge in [0.15, 0.2) is 0 Å². The zero-order valence-electron chi connectivity index (χ0n) is 22.1. The number of anilines is 1. The summed E-state index contributed by atoms with van der Waals surface area (Å²) in [5.41, 5.74) is 7.64. The molecule has 36 heavy (non-hydrogen) atoms. The summed E-state index contributed by atoms with van der Waals surface area (Å²) in [5, 5.41) is 1.10. The minimum atomic E-state index is -0.676. The predicted octanol–water partition coefficient (Wildman–Crippen LogP) is 7.40. The number of hydrogen-bond acceptors (Lipinski definition) is 3. The molecule has 0 unspecified atom stereocenters. The molecule has 0 aliphatic heterocycles. The van der Waals surface area contributed by atoms with Crippen molar-refractivity contribution in [3.8, 4) is 0 Å². The fourth-order valence-electron chi connectivity index (χ4n) is 4.47. The third kappa shape index (κ3) is 5.27. The highest BCUT2D eigenvalue weighted by Crippen LogP contribution is 2.30. The van der Waals surface area contributed by atoms with Gasteiger partial charge in [0.25, 0.3) is 0 Å². The van der Waals surface area contributed by atoms with E-state index >= 15 is 0 Å². The van der Waals surface area contributed by atoms with Crippen molar-refractivity contribution in [2.75, 3.05) is 4.90 Å². The molecule has 0 fully saturated rings. The van der Waals surface area contributed by atoms with Crippen molar-refractivity contribution >= 4 is 22.7 Å². The van der Waals surface area contributed by atoms with Crippen molar-refractivity contribution in [3.63, 3.8) is 0 Å². The fourth-order valence-corrected chi connectivity index (χ4v) is 4.47. The lowest BCUT2D eigenvalue weighted by molar-refractivity contribution is 0.0577. The molecule has 4 aromatic rings. The first-order valence-corrected chi connectivity index (χ1v) is 12.2. The lowest BCUT2D eigenvalue weighted by atomic mass is 10.1. The molecular formula is C30H34FN3O2. The van der Waals surface area contributed by atoms with Crippen LogP contribution in [-0.2, 0) is 17.8 Å². The molecule has 6 heteroatoms. The van der Waals surface area contributed by atoms with Gasteiger partial charge in [0.1, 0.15) is 11.4 Å². The van der Waals surface area contributed by atoms with Crippen LogP contribution in [0.25, 0.3) is 10.9 Å². The summed E-state index contributed by atoms with van der Waals surface area (Å²) < 4.78 is 21.7. The van der Waals surface area contributed by atoms with E-state index in [2.05, 4.69) is 50.5 Å². The highest BCUT2D eigenvalue weighted by molar-refractivity contribution is 5.91. The van der Waals surface area contributed by atoms with Gasteiger partial charge in [-0.25, -0.2) is 9.18 Å². The average molecular weight is 488 g/mol. The van der Waals surface area contributed by atoms with Gasteiger partial charge in [-0.05, 0) is 95.5 Å². The Morgan fingerprint density at radius 1 is 1.03 bits per heavy atom. The van der Waals surface area contributed by atoms with Crippen LogP contribution in [0.5, 0.6) is 0 Å². The van der Waals surface area contributed by atoms with Crippen molar-refractivity contribution in [2.24, 2.45) is 0 Å². The number of fused-ring (bicyclic) bond motifs is 1. The zero-order chi connectivity index (χ0) is 26.2. The van der Waals surface area contributed by atoms with E-state index < -0.39 is 11.7 Å². The number of benzene rings is 2. The van der Waals surface area contributed by atoms with Gasteiger partial charge in [-0.2, -0.15) is 0 Å². The van der Waals surface area contributed by atoms with Crippen LogP contribution in [0.2, 0.25) is 0 Å². The van der Waals surface area contributed by atoms with Crippen LogP contribution in [0.15, 0.2) is 54.7 Å². The van der Waals surface area contributed by atoms with Crippen molar-refractivity contribution in [2.45, 2.75) is 67.2 Å². The second-order valence-electron chi connectivity index (χ2n) is 10.4. The number of aryl methyl sites for hydroxylation is 3. The molecule has 2 heterocycles. The summed E-state index contributed by atoms with van der Waals surface area (Å²) in [7, 11) is 0. The zero-order valence-corrected chi connectivity index (χ0v) is 22.1. The van der Waals surface area contributed by atoms with E-state index in [-0.39, 0.29) is 12.4 Å². The highest BCUT2D eigenvalue weighted by Gasteiger charge is 2.26. The maximum atomic E-state index is 13.7. The molecule has 0 saturated carbocycles. The molecule has 0 N–H and O–H groups in total. The van der Waals surface area contributed by atoms with Crippen molar-refractivity contribution < 1.29 is 13.9 Å². The molecule has 0 atom stereocenters. The van der Waals surface area contributed by atoms with Gasteiger partial charge < -0.3 is 9.30 Å². The Hall–Kier alpha value is -3.67. The van der Waals surface area contributed by atoms with Gasteiger partial charge >= 0.3 is 6.09 Å². The number of aromatic nitrogens is 2. The molecule has 2 aromatic carbocycles. The molecule has 5 nitrogen and oxygen atoms in total. The summed E-state index contributed by atoms with van der Waals surface area (Å²) >= 11 is 0. The second-order valence-corrected chi connectivity index (χ2v) is 10.4. The number of nitrogens with zero attached hydrogens (tertiary/aromatic N) is 3. The van der Waals surface area contributed by atoms with Crippen molar-refractivity contribution in [1.82, 2.24) is 9.55 Å². The first-order chi connectivity index (χ1) is 16.9. The molecule has 2 aromatic heterocycles. The number of amides is 1. The first-order valence-electron chi connectivity index (χ1n) is 12.2. The van der Waals surface area contributed by atoms with Crippen LogP contribution in [0.3, 0.4) is 0 Å². The van der Waals surface area contributed by atoms with Gasteiger partial charge in [0.05, 0.1) is 17.8 Å². The molecule has 188 valence electrons. The van der Waals surface area contributed by atoms with Gasteiger partial charge in [-0.3, -0.25) is 9.88 Å². The molecular weight excluding hydrogens is 453 g/mol. The summed E-state index contributed by atoms with van der Waals surface area (Å²) in [6.45, 7) is 14.8. The van der Waals surface area contributed by atoms with E-state index in [1.807, 2.05) is 26.8 Å². The Morgan fingerprint density at radius 3 is 2.39 bits per heavy atom. The SMILES string of the molecule is Cc1ccc(C)c(Cn2c(C)c(C)c3ccnc(CN(C(=O)OC(C)(C)C)c4ccc(F)cc4)c32)c1. The summed E-state index contributed by atoms with van der Waals surface area (Å²) in [6, 6.07) is 14.4. The van der Waals surface area contributed by atoms with Gasteiger partial charge in [0.2, 0.25) is 0 Å². The Bertz CT molecular complexity index is 1420. The third-order valence-electron chi connectivity index (χ3n) is 6.51. The van der Waals surface area contributed by atoms with Crippen LogP contribution in [-0.4, -0.2) is 21.2 Å². The molecule has 0 radical (unpaired) electrons. The number of ether oxygens (including phenoxy) is 1. The molecule has 0 aliphatic rings. The molecule has 0 spiro atoms. The third-order valence-corrected chi connectivity index (χ3v) is 6.51. The summed E-state index contributed by atoms with van der Waals surface area (Å²) in [5.74, 6) is -0.364. The second kappa shape index (κ2) is 9.76. The Kier molecular flexibility index (Phi) is 6.90. The van der Waals surface area contributed by atoms with E-state index in [4.69, 9.17) is 9.72 Å². The number of carbonyl (C=O) groups is 1. The smallest absolute Gasteiger partial charge is 0.415 e. The maximum Gasteiger partial charge on any atom is 0.415 e. The Labute approximate surface area is 212 Å². The largest absolute Gasteiger partial charge is 0.443 e. The molecule has 0 bridgehead atoms. The molecule has 4 rings (SSSR count). The summed E-state index contributed by atoms with van der Waals surface area (Å²) in [4.78, 5) is 19.5. The minimum Gasteiger partial charge on any atom is -0.443 e. The van der Waals surface area contributed by atoms with Crippen LogP contribution >= 0.6 is 0 Å². The quantitative estimate of drug-likeness (QED) is 0.295. The van der Waals surface area contributed by atoms with Crippen LogP contribution in [0.4, 0.5) is 14.9 Å². The lowest BCUT2D eigenvalue weighted by Gasteiger charge is -2.27. The Morgan fingerprint density at radius 2 is 1.72 bits per heavy atom. The van der Waals surface area contributed by atoms with Crippen LogP contribution < -0.4 is 4.90 Å². The number of rotatable bonds is 5. The van der Waals surface area contributed by atoms with Gasteiger partial charge in [0, 0.05) is 29.5 Å². The van der Waals surface area contributed by atoms with Crippen molar-refractivity contribution in [1.29, 1.82) is 0 Å². The summed E-state index contributed by atoms with van der Waals surface area (Å²) in [6.07, 6.45) is 1.28. The maximum absolute atomic E-state index is 13.7. The molecule has 0 aliphatic carbocycles. The topological polar surface area (TPSA) is 47.4 Å². The number of carbonyl (C=O) groups excluding carboxylic acids is 1. The van der Waals surface area contributed by atoms with E-state index in [0.29, 0.717) is 12.2 Å². The van der Waals surface area contributed by atoms with E-state index in [1.54, 1.807) is 18.3 Å². The molecule has 0 saturated heterocycles. The average Bonchev–Trinajstić information content (AvgIpc) is 3.05. The fraction of sp³-hybridized carbons (Fsp3) is 0.333. The minimum absolute atomic E-state index is 0.188. The van der Waals surface area contributed by atoms with Crippen molar-refractivity contribution in [3.05, 3.63) is 94.2 Å². The van der Waals surface area contributed by atoms with Crippen LogP contribution in [0.1, 0.15) is 54.4 Å². The highest BCUT2D eigenvalue weighted by atomic mass is 19.1. The predicted molar refractivity (Wildman–Crippen MR) is 143 cm³/mol. The molecule has 1 amide bonds. The number of hydrogen-bond donors (Lipinski definition) is 0. The number of halogens is 1. The first kappa shape index (κ1) is 25.4. The lowest BCUT2D eigenvalue weighted by Crippen LogP contribution is -2.36.